The van der Waals surface area contributed by atoms with Gasteiger partial charge in [-0.2, -0.15) is 0 Å². The Labute approximate surface area is 112 Å². The summed E-state index contributed by atoms with van der Waals surface area (Å²) in [7, 11) is 1.67. The maximum absolute atomic E-state index is 5.88. The van der Waals surface area contributed by atoms with Gasteiger partial charge in [-0.25, -0.2) is 4.98 Å². The maximum atomic E-state index is 5.88. The van der Waals surface area contributed by atoms with Crippen LogP contribution in [0.4, 0.5) is 0 Å². The van der Waals surface area contributed by atoms with E-state index in [2.05, 4.69) is 10.3 Å². The second-order valence-corrected chi connectivity index (χ2v) is 4.87. The van der Waals surface area contributed by atoms with Gasteiger partial charge >= 0.3 is 0 Å². The lowest BCUT2D eigenvalue weighted by atomic mass is 10.1. The molecule has 1 N–H and O–H groups in total. The molecule has 2 aromatic rings. The third-order valence-corrected chi connectivity index (χ3v) is 3.55. The molecule has 0 amide bonds. The van der Waals surface area contributed by atoms with Gasteiger partial charge in [0.05, 0.1) is 13.7 Å². The molecule has 4 nitrogen and oxygen atoms in total. The monoisotopic (exact) mass is 258 g/mol. The first-order valence-corrected chi connectivity index (χ1v) is 6.63. The van der Waals surface area contributed by atoms with Crippen LogP contribution in [0.1, 0.15) is 6.42 Å². The number of aromatic nitrogens is 1. The van der Waals surface area contributed by atoms with Crippen LogP contribution < -0.4 is 14.8 Å². The molecule has 1 aliphatic heterocycles. The van der Waals surface area contributed by atoms with Crippen molar-refractivity contribution in [3.05, 3.63) is 30.5 Å². The Morgan fingerprint density at radius 3 is 3.11 bits per heavy atom. The van der Waals surface area contributed by atoms with Crippen LogP contribution in [-0.4, -0.2) is 31.8 Å². The molecule has 0 spiro atoms. The predicted octanol–water partition coefficient (Wildman–Crippen LogP) is 2.23. The number of fused-ring (bicyclic) bond motifs is 1. The minimum Gasteiger partial charge on any atom is -0.497 e. The van der Waals surface area contributed by atoms with Crippen molar-refractivity contribution in [3.63, 3.8) is 0 Å². The van der Waals surface area contributed by atoms with Crippen molar-refractivity contribution in [3.8, 4) is 11.6 Å². The number of ether oxygens (including phenoxy) is 2. The van der Waals surface area contributed by atoms with E-state index in [0.717, 1.165) is 36.2 Å². The highest BCUT2D eigenvalue weighted by atomic mass is 16.5. The summed E-state index contributed by atoms with van der Waals surface area (Å²) in [6.45, 7) is 2.86. The number of benzene rings is 1. The summed E-state index contributed by atoms with van der Waals surface area (Å²) in [4.78, 5) is 4.34. The van der Waals surface area contributed by atoms with E-state index in [-0.39, 0.29) is 0 Å². The highest BCUT2D eigenvalue weighted by Crippen LogP contribution is 2.27. The molecule has 0 radical (unpaired) electrons. The number of hydrogen-bond donors (Lipinski definition) is 1. The van der Waals surface area contributed by atoms with Crippen molar-refractivity contribution in [2.24, 2.45) is 5.92 Å². The Bertz CT molecular complexity index is 565. The second-order valence-electron chi connectivity index (χ2n) is 4.87. The standard InChI is InChI=1S/C15H18N2O2/c1-18-13-2-3-14-12(8-13)5-7-17-15(14)19-10-11-4-6-16-9-11/h2-3,5,7-8,11,16H,4,6,9-10H2,1H3. The van der Waals surface area contributed by atoms with E-state index in [1.54, 1.807) is 13.3 Å². The van der Waals surface area contributed by atoms with Crippen molar-refractivity contribution in [2.45, 2.75) is 6.42 Å². The van der Waals surface area contributed by atoms with Gasteiger partial charge < -0.3 is 14.8 Å². The maximum Gasteiger partial charge on any atom is 0.221 e. The normalized spacial score (nSPS) is 18.7. The Morgan fingerprint density at radius 2 is 2.32 bits per heavy atom. The molecule has 3 rings (SSSR count). The first-order valence-electron chi connectivity index (χ1n) is 6.63. The van der Waals surface area contributed by atoms with Gasteiger partial charge in [-0.1, -0.05) is 0 Å². The van der Waals surface area contributed by atoms with Crippen molar-refractivity contribution < 1.29 is 9.47 Å². The molecule has 100 valence electrons. The summed E-state index contributed by atoms with van der Waals surface area (Å²) >= 11 is 0. The summed E-state index contributed by atoms with van der Waals surface area (Å²) in [6.07, 6.45) is 2.96. The average molecular weight is 258 g/mol. The van der Waals surface area contributed by atoms with Crippen LogP contribution in [0, 0.1) is 5.92 Å². The smallest absolute Gasteiger partial charge is 0.221 e. The summed E-state index contributed by atoms with van der Waals surface area (Å²) < 4.78 is 11.1. The van der Waals surface area contributed by atoms with E-state index in [9.17, 15) is 0 Å². The molecule has 1 atom stereocenters. The third kappa shape index (κ3) is 2.63. The van der Waals surface area contributed by atoms with Crippen molar-refractivity contribution >= 4 is 10.8 Å². The van der Waals surface area contributed by atoms with Crippen LogP contribution in [0.15, 0.2) is 30.5 Å². The highest BCUT2D eigenvalue weighted by molar-refractivity contribution is 5.87. The summed E-state index contributed by atoms with van der Waals surface area (Å²) in [6, 6.07) is 7.92. The number of hydrogen-bond acceptors (Lipinski definition) is 4. The highest BCUT2D eigenvalue weighted by Gasteiger charge is 2.15. The molecule has 1 fully saturated rings. The zero-order valence-corrected chi connectivity index (χ0v) is 11.1. The molecule has 19 heavy (non-hydrogen) atoms. The van der Waals surface area contributed by atoms with Gasteiger partial charge in [0.15, 0.2) is 0 Å². The van der Waals surface area contributed by atoms with Crippen LogP contribution in [0.3, 0.4) is 0 Å². The second kappa shape index (κ2) is 5.45. The van der Waals surface area contributed by atoms with Gasteiger partial charge in [0.1, 0.15) is 5.75 Å². The largest absolute Gasteiger partial charge is 0.497 e. The van der Waals surface area contributed by atoms with Crippen LogP contribution in [-0.2, 0) is 0 Å². The van der Waals surface area contributed by atoms with E-state index in [4.69, 9.17) is 9.47 Å². The number of nitrogens with zero attached hydrogens (tertiary/aromatic N) is 1. The molecule has 1 unspecified atom stereocenters. The van der Waals surface area contributed by atoms with Crippen LogP contribution in [0.5, 0.6) is 11.6 Å². The van der Waals surface area contributed by atoms with E-state index in [0.29, 0.717) is 11.8 Å². The Balaban J connectivity index is 1.82. The van der Waals surface area contributed by atoms with E-state index in [1.807, 2.05) is 24.3 Å². The Hall–Kier alpha value is -1.81. The van der Waals surface area contributed by atoms with Crippen LogP contribution in [0.25, 0.3) is 10.8 Å². The molecule has 1 aromatic carbocycles. The summed E-state index contributed by atoms with van der Waals surface area (Å²) in [5.74, 6) is 2.16. The lowest BCUT2D eigenvalue weighted by Crippen LogP contribution is -2.15. The average Bonchev–Trinajstić information content (AvgIpc) is 2.97. The summed E-state index contributed by atoms with van der Waals surface area (Å²) in [5, 5.41) is 5.47. The molecule has 0 bridgehead atoms. The quantitative estimate of drug-likeness (QED) is 0.913. The number of pyridine rings is 1. The van der Waals surface area contributed by atoms with E-state index < -0.39 is 0 Å². The minimum absolute atomic E-state index is 0.593. The third-order valence-electron chi connectivity index (χ3n) is 3.55. The number of nitrogens with one attached hydrogen (secondary N) is 1. The SMILES string of the molecule is COc1ccc2c(OCC3CCNC3)nccc2c1. The Kier molecular flexibility index (Phi) is 3.51. The van der Waals surface area contributed by atoms with Crippen molar-refractivity contribution in [1.29, 1.82) is 0 Å². The topological polar surface area (TPSA) is 43.4 Å². The molecule has 1 saturated heterocycles. The first kappa shape index (κ1) is 12.2. The summed E-state index contributed by atoms with van der Waals surface area (Å²) in [5.41, 5.74) is 0. The molecular weight excluding hydrogens is 240 g/mol. The molecule has 1 aliphatic rings. The fraction of sp³-hybridized carbons (Fsp3) is 0.400. The van der Waals surface area contributed by atoms with Crippen LogP contribution >= 0.6 is 0 Å². The molecule has 2 heterocycles. The minimum atomic E-state index is 0.593. The molecule has 1 aromatic heterocycles. The zero-order valence-electron chi connectivity index (χ0n) is 11.1. The van der Waals surface area contributed by atoms with Crippen molar-refractivity contribution in [1.82, 2.24) is 10.3 Å². The lowest BCUT2D eigenvalue weighted by molar-refractivity contribution is 0.254. The van der Waals surface area contributed by atoms with Gasteiger partial charge in [0.2, 0.25) is 5.88 Å². The molecule has 0 saturated carbocycles. The van der Waals surface area contributed by atoms with Crippen molar-refractivity contribution in [2.75, 3.05) is 26.8 Å². The molecule has 4 heteroatoms. The fourth-order valence-electron chi connectivity index (χ4n) is 2.42. The van der Waals surface area contributed by atoms with Gasteiger partial charge in [-0.3, -0.25) is 0 Å². The number of methoxy groups -OCH3 is 1. The number of rotatable bonds is 4. The zero-order chi connectivity index (χ0) is 13.1. The van der Waals surface area contributed by atoms with Gasteiger partial charge in [-0.15, -0.1) is 0 Å². The van der Waals surface area contributed by atoms with Gasteiger partial charge in [0, 0.05) is 24.0 Å². The van der Waals surface area contributed by atoms with Gasteiger partial charge in [-0.05, 0) is 42.6 Å². The van der Waals surface area contributed by atoms with E-state index >= 15 is 0 Å². The Morgan fingerprint density at radius 1 is 1.37 bits per heavy atom. The molecular formula is C15H18N2O2. The van der Waals surface area contributed by atoms with E-state index in [1.165, 1.54) is 6.42 Å². The fourth-order valence-corrected chi connectivity index (χ4v) is 2.42. The molecule has 0 aliphatic carbocycles. The first-order chi connectivity index (χ1) is 9.36. The van der Waals surface area contributed by atoms with Crippen LogP contribution in [0.2, 0.25) is 0 Å². The predicted molar refractivity (Wildman–Crippen MR) is 74.8 cm³/mol. The van der Waals surface area contributed by atoms with Gasteiger partial charge in [0.25, 0.3) is 0 Å². The lowest BCUT2D eigenvalue weighted by Gasteiger charge is -2.12.